The molecule has 0 fully saturated rings. The summed E-state index contributed by atoms with van der Waals surface area (Å²) >= 11 is 0. The van der Waals surface area contributed by atoms with Gasteiger partial charge >= 0.3 is 6.01 Å². The summed E-state index contributed by atoms with van der Waals surface area (Å²) in [4.78, 5) is 15.6. The number of hydrogen-bond donors (Lipinski definition) is 4. The van der Waals surface area contributed by atoms with Crippen LogP contribution in [0.5, 0.6) is 0 Å². The first kappa shape index (κ1) is 23.2. The second kappa shape index (κ2) is 9.61. The third kappa shape index (κ3) is 6.76. The largest absolute Gasteiger partial charge is 0.431 e. The number of aromatic nitrogens is 1. The van der Waals surface area contributed by atoms with E-state index in [9.17, 15) is 37.5 Å². The van der Waals surface area contributed by atoms with Crippen molar-refractivity contribution in [3.05, 3.63) is 47.4 Å². The Bertz CT molecular complexity index is 1030. The second-order valence-electron chi connectivity index (χ2n) is 6.40. The van der Waals surface area contributed by atoms with Gasteiger partial charge in [-0.15, -0.1) is 0 Å². The van der Waals surface area contributed by atoms with E-state index in [0.29, 0.717) is 6.07 Å². The number of rotatable bonds is 9. The Kier molecular flexibility index (Phi) is 7.43. The molecule has 2 aromatic rings. The van der Waals surface area contributed by atoms with Crippen LogP contribution in [0.3, 0.4) is 0 Å². The third-order valence-electron chi connectivity index (χ3n) is 3.83. The number of carbonyl (C=O) groups excluding carboxylic acids is 1. The molecular formula is C17H18F2N4O6S. The van der Waals surface area contributed by atoms with Crippen LogP contribution in [-0.2, 0) is 16.4 Å². The number of nitrogens with one attached hydrogen (secondary N) is 2. The van der Waals surface area contributed by atoms with Crippen LogP contribution in [0, 0.1) is 28.9 Å². The zero-order chi connectivity index (χ0) is 22.5. The van der Waals surface area contributed by atoms with Crippen molar-refractivity contribution in [3.8, 4) is 6.07 Å². The normalized spacial score (nSPS) is 14.4. The summed E-state index contributed by atoms with van der Waals surface area (Å²) < 4.78 is 55.4. The fraction of sp³-hybridized carbons (Fsp3) is 0.353. The molecule has 10 nitrogen and oxygen atoms in total. The van der Waals surface area contributed by atoms with Crippen LogP contribution in [0.25, 0.3) is 0 Å². The zero-order valence-corrected chi connectivity index (χ0v) is 16.4. The van der Waals surface area contributed by atoms with E-state index in [4.69, 9.17) is 4.42 Å². The number of sulfonamides is 1. The molecule has 0 aliphatic carbocycles. The molecule has 13 heteroatoms. The summed E-state index contributed by atoms with van der Waals surface area (Å²) in [5.41, 5.74) is -0.183. The lowest BCUT2D eigenvalue weighted by atomic mass is 9.92. The van der Waals surface area contributed by atoms with Gasteiger partial charge in [-0.3, -0.25) is 4.79 Å². The highest BCUT2D eigenvalue weighted by molar-refractivity contribution is 7.91. The number of amides is 1. The maximum atomic E-state index is 13.3. The third-order valence-corrected chi connectivity index (χ3v) is 4.38. The molecule has 3 atom stereocenters. The van der Waals surface area contributed by atoms with Crippen LogP contribution in [0.1, 0.15) is 16.1 Å². The van der Waals surface area contributed by atoms with Crippen LogP contribution in [0.2, 0.25) is 0 Å². The number of carbonyl (C=O) groups is 1. The summed E-state index contributed by atoms with van der Waals surface area (Å²) in [6.45, 7) is -0.489. The summed E-state index contributed by atoms with van der Waals surface area (Å²) in [6.07, 6.45) is -1.72. The SMILES string of the molecule is CS(=O)(=O)Nc1nc(C(=O)NCC(O)C(O)C(C#N)Cc2cc(F)cc(F)c2)co1. The number of halogens is 2. The van der Waals surface area contributed by atoms with E-state index in [-0.39, 0.29) is 17.7 Å². The van der Waals surface area contributed by atoms with Crippen LogP contribution >= 0.6 is 0 Å². The Balaban J connectivity index is 1.94. The first-order valence-corrected chi connectivity index (χ1v) is 10.3. The molecule has 2 rings (SSSR count). The molecule has 0 radical (unpaired) electrons. The maximum Gasteiger partial charge on any atom is 0.309 e. The van der Waals surface area contributed by atoms with Crippen LogP contribution in [0.4, 0.5) is 14.8 Å². The molecule has 3 unspecified atom stereocenters. The average Bonchev–Trinajstić information content (AvgIpc) is 3.09. The van der Waals surface area contributed by atoms with Gasteiger partial charge in [-0.2, -0.15) is 10.2 Å². The van der Waals surface area contributed by atoms with E-state index in [2.05, 4.69) is 10.3 Å². The molecule has 0 spiro atoms. The molecule has 4 N–H and O–H groups in total. The van der Waals surface area contributed by atoms with Crippen molar-refractivity contribution in [1.29, 1.82) is 5.26 Å². The van der Waals surface area contributed by atoms with Crippen molar-refractivity contribution in [2.24, 2.45) is 5.92 Å². The Morgan fingerprint density at radius 2 is 1.93 bits per heavy atom. The summed E-state index contributed by atoms with van der Waals surface area (Å²) in [6, 6.07) is 3.98. The van der Waals surface area contributed by atoms with Crippen LogP contribution in [0.15, 0.2) is 28.9 Å². The Morgan fingerprint density at radius 1 is 1.30 bits per heavy atom. The van der Waals surface area contributed by atoms with Crippen molar-refractivity contribution in [1.82, 2.24) is 10.3 Å². The molecule has 0 aliphatic rings. The number of hydrogen-bond acceptors (Lipinski definition) is 8. The topological polar surface area (TPSA) is 166 Å². The highest BCUT2D eigenvalue weighted by Crippen LogP contribution is 2.17. The van der Waals surface area contributed by atoms with E-state index in [1.54, 1.807) is 6.07 Å². The van der Waals surface area contributed by atoms with Crippen molar-refractivity contribution >= 4 is 21.9 Å². The fourth-order valence-electron chi connectivity index (χ4n) is 2.49. The summed E-state index contributed by atoms with van der Waals surface area (Å²) in [5, 5.41) is 31.7. The lowest BCUT2D eigenvalue weighted by molar-refractivity contribution is -0.00206. The molecule has 0 saturated carbocycles. The quantitative estimate of drug-likeness (QED) is 0.424. The predicted molar refractivity (Wildman–Crippen MR) is 98.5 cm³/mol. The number of oxazole rings is 1. The number of nitrogens with zero attached hydrogens (tertiary/aromatic N) is 2. The fourth-order valence-corrected chi connectivity index (χ4v) is 2.90. The zero-order valence-electron chi connectivity index (χ0n) is 15.5. The van der Waals surface area contributed by atoms with Gasteiger partial charge in [0.05, 0.1) is 30.5 Å². The second-order valence-corrected chi connectivity index (χ2v) is 8.15. The van der Waals surface area contributed by atoms with Gasteiger partial charge in [-0.25, -0.2) is 21.9 Å². The monoisotopic (exact) mass is 444 g/mol. The van der Waals surface area contributed by atoms with Gasteiger partial charge in [0.25, 0.3) is 5.91 Å². The van der Waals surface area contributed by atoms with Gasteiger partial charge in [-0.05, 0) is 24.1 Å². The van der Waals surface area contributed by atoms with Gasteiger partial charge in [-0.1, -0.05) is 0 Å². The van der Waals surface area contributed by atoms with Crippen molar-refractivity contribution in [3.63, 3.8) is 0 Å². The molecule has 30 heavy (non-hydrogen) atoms. The molecule has 0 bridgehead atoms. The van der Waals surface area contributed by atoms with Crippen LogP contribution in [-0.4, -0.2) is 54.5 Å². The van der Waals surface area contributed by atoms with E-state index in [0.717, 1.165) is 24.7 Å². The average molecular weight is 444 g/mol. The van der Waals surface area contributed by atoms with E-state index in [1.807, 2.05) is 4.72 Å². The summed E-state index contributed by atoms with van der Waals surface area (Å²) in [7, 11) is -3.66. The number of aliphatic hydroxyl groups is 2. The minimum absolute atomic E-state index is 0.114. The first-order chi connectivity index (χ1) is 14.0. The van der Waals surface area contributed by atoms with Crippen LogP contribution < -0.4 is 10.0 Å². The Labute approximate surface area is 170 Å². The lowest BCUT2D eigenvalue weighted by Crippen LogP contribution is -2.42. The Hall–Kier alpha value is -3.08. The highest BCUT2D eigenvalue weighted by Gasteiger charge is 2.28. The van der Waals surface area contributed by atoms with E-state index in [1.165, 1.54) is 0 Å². The molecule has 1 amide bonds. The smallest absolute Gasteiger partial charge is 0.309 e. The molecule has 1 aromatic heterocycles. The van der Waals surface area contributed by atoms with Gasteiger partial charge in [0.1, 0.15) is 17.9 Å². The number of nitriles is 1. The molecule has 162 valence electrons. The lowest BCUT2D eigenvalue weighted by Gasteiger charge is -2.22. The van der Waals surface area contributed by atoms with Gasteiger partial charge in [0.2, 0.25) is 10.0 Å². The van der Waals surface area contributed by atoms with Gasteiger partial charge in [0.15, 0.2) is 5.69 Å². The molecule has 0 saturated heterocycles. The number of aliphatic hydroxyl groups excluding tert-OH is 2. The van der Waals surface area contributed by atoms with Gasteiger partial charge in [0, 0.05) is 12.6 Å². The molecule has 1 heterocycles. The molecule has 1 aromatic carbocycles. The number of anilines is 1. The number of benzene rings is 1. The van der Waals surface area contributed by atoms with Gasteiger partial charge < -0.3 is 19.9 Å². The minimum Gasteiger partial charge on any atom is -0.431 e. The standard InChI is InChI=1S/C17H18F2N4O6S/c1-30(27,28)23-17-22-13(8-29-17)16(26)21-7-14(24)15(25)10(6-20)2-9-3-11(18)5-12(19)4-9/h3-5,8,10,14-15,24-25H,2,7H2,1H3,(H,21,26)(H,22,23). The minimum atomic E-state index is -3.66. The molecular weight excluding hydrogens is 426 g/mol. The van der Waals surface area contributed by atoms with Crippen molar-refractivity contribution in [2.75, 3.05) is 17.5 Å². The van der Waals surface area contributed by atoms with Crippen molar-refractivity contribution in [2.45, 2.75) is 18.6 Å². The first-order valence-electron chi connectivity index (χ1n) is 8.40. The van der Waals surface area contributed by atoms with Crippen molar-refractivity contribution < 1.29 is 36.6 Å². The predicted octanol–water partition coefficient (Wildman–Crippen LogP) is 0.158. The molecule has 0 aliphatic heterocycles. The maximum absolute atomic E-state index is 13.3. The van der Waals surface area contributed by atoms with E-state index >= 15 is 0 Å². The Morgan fingerprint density at radius 3 is 2.50 bits per heavy atom. The van der Waals surface area contributed by atoms with E-state index < -0.39 is 58.3 Å². The summed E-state index contributed by atoms with van der Waals surface area (Å²) in [5.74, 6) is -3.74. The highest BCUT2D eigenvalue weighted by atomic mass is 32.2.